The molecule has 1 saturated heterocycles. The van der Waals surface area contributed by atoms with Gasteiger partial charge < -0.3 is 19.0 Å². The Morgan fingerprint density at radius 1 is 1.24 bits per heavy atom. The molecule has 0 amide bonds. The van der Waals surface area contributed by atoms with Crippen molar-refractivity contribution in [2.75, 3.05) is 6.61 Å². The van der Waals surface area contributed by atoms with E-state index in [1.165, 1.54) is 0 Å². The molecule has 1 aliphatic heterocycles. The third-order valence-corrected chi connectivity index (χ3v) is 10.9. The van der Waals surface area contributed by atoms with Crippen LogP contribution in [0.1, 0.15) is 66.7 Å². The van der Waals surface area contributed by atoms with E-state index in [1.807, 2.05) is 13.8 Å². The summed E-state index contributed by atoms with van der Waals surface area (Å²) in [5.74, 6) is -0.714. The Hall–Kier alpha value is -0.203. The first-order valence-electron chi connectivity index (χ1n) is 9.64. The summed E-state index contributed by atoms with van der Waals surface area (Å²) in [6.45, 7) is 19.4. The lowest BCUT2D eigenvalue weighted by atomic mass is 9.67. The van der Waals surface area contributed by atoms with Gasteiger partial charge >= 0.3 is 0 Å². The second-order valence-corrected chi connectivity index (χ2v) is 14.6. The van der Waals surface area contributed by atoms with Crippen molar-refractivity contribution in [3.8, 4) is 0 Å². The first-order valence-corrected chi connectivity index (χ1v) is 12.5. The van der Waals surface area contributed by atoms with E-state index in [-0.39, 0.29) is 11.1 Å². The van der Waals surface area contributed by atoms with Gasteiger partial charge in [0.2, 0.25) is 0 Å². The van der Waals surface area contributed by atoms with E-state index < -0.39 is 25.3 Å². The summed E-state index contributed by atoms with van der Waals surface area (Å²) in [6, 6.07) is 0. The monoisotopic (exact) mass is 370 g/mol. The first kappa shape index (κ1) is 21.1. The zero-order valence-electron chi connectivity index (χ0n) is 17.3. The molecule has 1 spiro atoms. The highest BCUT2D eigenvalue weighted by molar-refractivity contribution is 6.74. The van der Waals surface area contributed by atoms with Gasteiger partial charge in [0.15, 0.2) is 14.1 Å². The quantitative estimate of drug-likeness (QED) is 0.559. The molecule has 1 aliphatic carbocycles. The van der Waals surface area contributed by atoms with Crippen LogP contribution in [0.5, 0.6) is 0 Å². The molecule has 1 saturated carbocycles. The molecule has 1 N–H and O–H groups in total. The summed E-state index contributed by atoms with van der Waals surface area (Å²) in [7, 11) is -1.90. The van der Waals surface area contributed by atoms with Crippen LogP contribution in [0.4, 0.5) is 0 Å². The SMILES string of the molecule is C=CC[C@]1(O)CCCC[C@@]12OC(C)(C)O[C@@H]2CO[Si](C)(C)C(C)(C)C. The summed E-state index contributed by atoms with van der Waals surface area (Å²) in [5, 5.41) is 11.6. The molecular weight excluding hydrogens is 332 g/mol. The molecule has 0 aromatic heterocycles. The second kappa shape index (κ2) is 6.75. The molecule has 2 aliphatic rings. The Balaban J connectivity index is 2.29. The van der Waals surface area contributed by atoms with Crippen LogP contribution in [0, 0.1) is 0 Å². The van der Waals surface area contributed by atoms with E-state index in [9.17, 15) is 5.11 Å². The largest absolute Gasteiger partial charge is 0.414 e. The van der Waals surface area contributed by atoms with Gasteiger partial charge in [0.05, 0.1) is 12.2 Å². The number of hydrogen-bond acceptors (Lipinski definition) is 4. The van der Waals surface area contributed by atoms with Crippen LogP contribution in [0.15, 0.2) is 12.7 Å². The molecule has 0 unspecified atom stereocenters. The van der Waals surface area contributed by atoms with Gasteiger partial charge in [-0.05, 0) is 51.2 Å². The van der Waals surface area contributed by atoms with E-state index in [0.29, 0.717) is 13.0 Å². The Morgan fingerprint density at radius 3 is 2.40 bits per heavy atom. The molecule has 2 fully saturated rings. The molecule has 5 heteroatoms. The molecule has 0 bridgehead atoms. The van der Waals surface area contributed by atoms with Gasteiger partial charge in [0.1, 0.15) is 11.7 Å². The van der Waals surface area contributed by atoms with Gasteiger partial charge in [0, 0.05) is 0 Å². The highest BCUT2D eigenvalue weighted by atomic mass is 28.4. The fourth-order valence-corrected chi connectivity index (χ4v) is 5.01. The third-order valence-electron chi connectivity index (χ3n) is 6.43. The lowest BCUT2D eigenvalue weighted by molar-refractivity contribution is -0.228. The summed E-state index contributed by atoms with van der Waals surface area (Å²) in [5.41, 5.74) is -1.66. The van der Waals surface area contributed by atoms with Crippen LogP contribution < -0.4 is 0 Å². The van der Waals surface area contributed by atoms with Crippen molar-refractivity contribution in [1.82, 2.24) is 0 Å². The van der Waals surface area contributed by atoms with Crippen LogP contribution in [-0.2, 0) is 13.9 Å². The molecule has 1 heterocycles. The standard InChI is InChI=1S/C20H38O4Si/c1-9-12-19(21)13-10-11-14-20(19)16(23-18(5,6)24-20)15-22-25(7,8)17(2,3)4/h9,16,21H,1,10-15H2,2-8H3/t16-,19+,20+/m1/s1. The average molecular weight is 371 g/mol. The Labute approximate surface area is 155 Å². The van der Waals surface area contributed by atoms with Crippen molar-refractivity contribution >= 4 is 8.32 Å². The van der Waals surface area contributed by atoms with Gasteiger partial charge in [-0.1, -0.05) is 39.7 Å². The van der Waals surface area contributed by atoms with Crippen molar-refractivity contribution in [3.63, 3.8) is 0 Å². The Bertz CT molecular complexity index is 496. The molecular formula is C20H38O4Si. The van der Waals surface area contributed by atoms with Crippen LogP contribution in [0.25, 0.3) is 0 Å². The Morgan fingerprint density at radius 2 is 1.84 bits per heavy atom. The van der Waals surface area contributed by atoms with Crippen LogP contribution in [0.2, 0.25) is 18.1 Å². The number of aliphatic hydroxyl groups is 1. The van der Waals surface area contributed by atoms with Crippen molar-refractivity contribution in [2.24, 2.45) is 0 Å². The average Bonchev–Trinajstić information content (AvgIpc) is 2.71. The van der Waals surface area contributed by atoms with E-state index in [1.54, 1.807) is 6.08 Å². The van der Waals surface area contributed by atoms with E-state index in [2.05, 4.69) is 40.4 Å². The summed E-state index contributed by atoms with van der Waals surface area (Å²) < 4.78 is 19.2. The molecule has 4 nitrogen and oxygen atoms in total. The lowest BCUT2D eigenvalue weighted by Gasteiger charge is -2.50. The van der Waals surface area contributed by atoms with E-state index in [0.717, 1.165) is 25.7 Å². The maximum Gasteiger partial charge on any atom is 0.192 e. The zero-order valence-corrected chi connectivity index (χ0v) is 18.3. The summed E-state index contributed by atoms with van der Waals surface area (Å²) in [4.78, 5) is 0. The molecule has 0 aromatic carbocycles. The molecule has 146 valence electrons. The lowest BCUT2D eigenvalue weighted by Crippen LogP contribution is -2.63. The van der Waals surface area contributed by atoms with E-state index in [4.69, 9.17) is 13.9 Å². The van der Waals surface area contributed by atoms with Crippen molar-refractivity contribution in [3.05, 3.63) is 12.7 Å². The number of ether oxygens (including phenoxy) is 2. The van der Waals surface area contributed by atoms with Gasteiger partial charge in [0.25, 0.3) is 0 Å². The van der Waals surface area contributed by atoms with Crippen molar-refractivity contribution in [1.29, 1.82) is 0 Å². The fourth-order valence-electron chi connectivity index (χ4n) is 4.00. The minimum atomic E-state index is -1.90. The van der Waals surface area contributed by atoms with Crippen molar-refractivity contribution in [2.45, 2.75) is 108 Å². The van der Waals surface area contributed by atoms with Crippen LogP contribution in [-0.4, -0.2) is 43.1 Å². The first-order chi connectivity index (χ1) is 11.3. The molecule has 25 heavy (non-hydrogen) atoms. The maximum absolute atomic E-state index is 11.5. The molecule has 0 radical (unpaired) electrons. The highest BCUT2D eigenvalue weighted by Crippen LogP contribution is 2.52. The van der Waals surface area contributed by atoms with Gasteiger partial charge in [-0.3, -0.25) is 0 Å². The van der Waals surface area contributed by atoms with E-state index >= 15 is 0 Å². The molecule has 2 rings (SSSR count). The number of rotatable bonds is 5. The van der Waals surface area contributed by atoms with Crippen LogP contribution in [0.3, 0.4) is 0 Å². The smallest absolute Gasteiger partial charge is 0.192 e. The van der Waals surface area contributed by atoms with Crippen molar-refractivity contribution < 1.29 is 19.0 Å². The topological polar surface area (TPSA) is 47.9 Å². The van der Waals surface area contributed by atoms with Gasteiger partial charge in [-0.25, -0.2) is 0 Å². The molecule has 0 aromatic rings. The minimum absolute atomic E-state index is 0.138. The van der Waals surface area contributed by atoms with Crippen LogP contribution >= 0.6 is 0 Å². The predicted octanol–water partition coefficient (Wildman–Crippen LogP) is 4.78. The summed E-state index contributed by atoms with van der Waals surface area (Å²) >= 11 is 0. The fraction of sp³-hybridized carbons (Fsp3) is 0.900. The Kier molecular flexibility index (Phi) is 5.70. The van der Waals surface area contributed by atoms with Gasteiger partial charge in [-0.15, -0.1) is 6.58 Å². The molecule has 3 atom stereocenters. The maximum atomic E-state index is 11.5. The third kappa shape index (κ3) is 3.91. The highest BCUT2D eigenvalue weighted by Gasteiger charge is 2.64. The minimum Gasteiger partial charge on any atom is -0.414 e. The summed E-state index contributed by atoms with van der Waals surface area (Å²) in [6.07, 6.45) is 5.61. The predicted molar refractivity (Wildman–Crippen MR) is 104 cm³/mol. The number of hydrogen-bond donors (Lipinski definition) is 1. The second-order valence-electron chi connectivity index (χ2n) is 9.80. The van der Waals surface area contributed by atoms with Gasteiger partial charge in [-0.2, -0.15) is 0 Å². The normalized spacial score (nSPS) is 35.9. The zero-order chi connectivity index (χ0) is 19.1.